The maximum absolute atomic E-state index is 5.14. The lowest BCUT2D eigenvalue weighted by Crippen LogP contribution is -2.23. The fraction of sp³-hybridized carbons (Fsp3) is 0.700. The molecule has 1 heterocycles. The molecule has 0 saturated heterocycles. The van der Waals surface area contributed by atoms with Crippen LogP contribution in [0.15, 0.2) is 22.1 Å². The average molecular weight is 214 g/mol. The number of thioether (sulfide) groups is 1. The third-order valence-electron chi connectivity index (χ3n) is 1.82. The number of hydrogen-bond acceptors (Lipinski definition) is 4. The molecule has 0 saturated carbocycles. The highest BCUT2D eigenvalue weighted by molar-refractivity contribution is 7.99. The molecule has 0 aromatic carbocycles. The van der Waals surface area contributed by atoms with Crippen LogP contribution >= 0.6 is 11.8 Å². The Balaban J connectivity index is 2.06. The van der Waals surface area contributed by atoms with E-state index in [1.807, 2.05) is 0 Å². The van der Waals surface area contributed by atoms with Crippen molar-refractivity contribution in [3.8, 4) is 0 Å². The predicted octanol–water partition coefficient (Wildman–Crippen LogP) is 2.40. The lowest BCUT2D eigenvalue weighted by molar-refractivity contribution is 0.452. The third-order valence-corrected chi connectivity index (χ3v) is 3.00. The average Bonchev–Trinajstić information content (AvgIpc) is 2.68. The summed E-state index contributed by atoms with van der Waals surface area (Å²) in [5.41, 5.74) is 0. The van der Waals surface area contributed by atoms with Gasteiger partial charge in [0.2, 0.25) is 0 Å². The molecule has 1 aromatic heterocycles. The predicted molar refractivity (Wildman–Crippen MR) is 59.6 cm³/mol. The summed E-state index contributed by atoms with van der Waals surface area (Å²) in [4.78, 5) is 4.06. The van der Waals surface area contributed by atoms with Crippen LogP contribution in [0, 0.1) is 5.92 Å². The van der Waals surface area contributed by atoms with Crippen LogP contribution in [0.3, 0.4) is 0 Å². The largest absolute Gasteiger partial charge is 0.440 e. The van der Waals surface area contributed by atoms with Gasteiger partial charge in [0.1, 0.15) is 6.26 Å². The summed E-state index contributed by atoms with van der Waals surface area (Å²) >= 11 is 1.68. The summed E-state index contributed by atoms with van der Waals surface area (Å²) in [7, 11) is 0. The molecule has 1 rings (SSSR count). The molecule has 4 heteroatoms. The summed E-state index contributed by atoms with van der Waals surface area (Å²) in [6.07, 6.45) is 4.49. The van der Waals surface area contributed by atoms with Crippen LogP contribution in [-0.4, -0.2) is 23.8 Å². The molecular formula is C10H18N2OS. The minimum atomic E-state index is 0.651. The molecule has 0 aliphatic rings. The highest BCUT2D eigenvalue weighted by atomic mass is 32.2. The van der Waals surface area contributed by atoms with Crippen LogP contribution < -0.4 is 5.32 Å². The fourth-order valence-corrected chi connectivity index (χ4v) is 1.88. The maximum Gasteiger partial charge on any atom is 0.255 e. The van der Waals surface area contributed by atoms with Crippen LogP contribution in [-0.2, 0) is 0 Å². The van der Waals surface area contributed by atoms with E-state index in [-0.39, 0.29) is 0 Å². The van der Waals surface area contributed by atoms with Crippen LogP contribution in [0.1, 0.15) is 20.3 Å². The first kappa shape index (κ1) is 11.6. The highest BCUT2D eigenvalue weighted by Crippen LogP contribution is 2.17. The molecule has 1 unspecified atom stereocenters. The van der Waals surface area contributed by atoms with Crippen LogP contribution in [0.2, 0.25) is 0 Å². The minimum absolute atomic E-state index is 0.651. The van der Waals surface area contributed by atoms with E-state index < -0.39 is 0 Å². The van der Waals surface area contributed by atoms with E-state index in [1.165, 1.54) is 6.42 Å². The van der Waals surface area contributed by atoms with E-state index >= 15 is 0 Å². The summed E-state index contributed by atoms with van der Waals surface area (Å²) in [6, 6.07) is 0. The molecule has 0 radical (unpaired) electrons. The van der Waals surface area contributed by atoms with Gasteiger partial charge in [0.05, 0.1) is 6.20 Å². The minimum Gasteiger partial charge on any atom is -0.440 e. The number of hydrogen-bond donors (Lipinski definition) is 1. The molecule has 1 aromatic rings. The molecule has 0 amide bonds. The van der Waals surface area contributed by atoms with Gasteiger partial charge in [-0.25, -0.2) is 4.98 Å². The first-order valence-electron chi connectivity index (χ1n) is 5.06. The molecule has 0 fully saturated rings. The standard InChI is InChI=1S/C10H18N2OS/c1-3-4-11-7-9(2)8-14-10-12-5-6-13-10/h5-6,9,11H,3-4,7-8H2,1-2H3. The van der Waals surface area contributed by atoms with E-state index in [1.54, 1.807) is 24.2 Å². The van der Waals surface area contributed by atoms with Gasteiger partial charge in [-0.3, -0.25) is 0 Å². The summed E-state index contributed by atoms with van der Waals surface area (Å²) in [5, 5.41) is 4.17. The Bertz CT molecular complexity index is 226. The van der Waals surface area contributed by atoms with Crippen molar-refractivity contribution in [2.75, 3.05) is 18.8 Å². The van der Waals surface area contributed by atoms with Gasteiger partial charge >= 0.3 is 0 Å². The Morgan fingerprint density at radius 1 is 1.64 bits per heavy atom. The molecule has 3 nitrogen and oxygen atoms in total. The quantitative estimate of drug-likeness (QED) is 0.559. The maximum atomic E-state index is 5.14. The van der Waals surface area contributed by atoms with Crippen LogP contribution in [0.5, 0.6) is 0 Å². The molecule has 0 aliphatic carbocycles. The molecular weight excluding hydrogens is 196 g/mol. The van der Waals surface area contributed by atoms with Crippen molar-refractivity contribution >= 4 is 11.8 Å². The van der Waals surface area contributed by atoms with E-state index in [2.05, 4.69) is 24.1 Å². The first-order chi connectivity index (χ1) is 6.83. The van der Waals surface area contributed by atoms with Gasteiger partial charge in [-0.15, -0.1) is 0 Å². The zero-order valence-electron chi connectivity index (χ0n) is 8.82. The molecule has 14 heavy (non-hydrogen) atoms. The van der Waals surface area contributed by atoms with Gasteiger partial charge in [0.25, 0.3) is 5.22 Å². The van der Waals surface area contributed by atoms with Crippen molar-refractivity contribution < 1.29 is 4.42 Å². The third kappa shape index (κ3) is 4.67. The van der Waals surface area contributed by atoms with E-state index in [0.29, 0.717) is 5.92 Å². The Morgan fingerprint density at radius 2 is 2.50 bits per heavy atom. The number of oxazole rings is 1. The molecule has 1 atom stereocenters. The molecule has 0 aliphatic heterocycles. The van der Waals surface area contributed by atoms with Crippen molar-refractivity contribution in [2.24, 2.45) is 5.92 Å². The van der Waals surface area contributed by atoms with Gasteiger partial charge in [0.15, 0.2) is 0 Å². The second kappa shape index (κ2) is 6.90. The molecule has 0 spiro atoms. The summed E-state index contributed by atoms with van der Waals surface area (Å²) < 4.78 is 5.14. The number of rotatable bonds is 7. The highest BCUT2D eigenvalue weighted by Gasteiger charge is 2.04. The number of nitrogens with one attached hydrogen (secondary N) is 1. The Hall–Kier alpha value is -0.480. The zero-order chi connectivity index (χ0) is 10.2. The van der Waals surface area contributed by atoms with E-state index in [9.17, 15) is 0 Å². The van der Waals surface area contributed by atoms with Gasteiger partial charge in [-0.1, -0.05) is 25.6 Å². The smallest absolute Gasteiger partial charge is 0.255 e. The summed E-state index contributed by atoms with van der Waals surface area (Å²) in [5.74, 6) is 1.70. The molecule has 80 valence electrons. The normalized spacial score (nSPS) is 13.0. The van der Waals surface area contributed by atoms with Gasteiger partial charge in [-0.05, 0) is 25.4 Å². The van der Waals surface area contributed by atoms with Crippen molar-refractivity contribution in [3.63, 3.8) is 0 Å². The van der Waals surface area contributed by atoms with E-state index in [0.717, 1.165) is 24.1 Å². The molecule has 1 N–H and O–H groups in total. The van der Waals surface area contributed by atoms with Crippen molar-refractivity contribution in [2.45, 2.75) is 25.5 Å². The van der Waals surface area contributed by atoms with Crippen molar-refractivity contribution in [1.29, 1.82) is 0 Å². The number of nitrogens with zero attached hydrogens (tertiary/aromatic N) is 1. The van der Waals surface area contributed by atoms with Gasteiger partial charge in [-0.2, -0.15) is 0 Å². The lowest BCUT2D eigenvalue weighted by Gasteiger charge is -2.09. The van der Waals surface area contributed by atoms with E-state index in [4.69, 9.17) is 4.42 Å². The first-order valence-corrected chi connectivity index (χ1v) is 6.04. The monoisotopic (exact) mass is 214 g/mol. The zero-order valence-corrected chi connectivity index (χ0v) is 9.64. The van der Waals surface area contributed by atoms with Crippen LogP contribution in [0.25, 0.3) is 0 Å². The SMILES string of the molecule is CCCNCC(C)CSc1ncco1. The van der Waals surface area contributed by atoms with Crippen molar-refractivity contribution in [1.82, 2.24) is 10.3 Å². The second-order valence-electron chi connectivity index (χ2n) is 3.42. The molecule has 0 bridgehead atoms. The lowest BCUT2D eigenvalue weighted by atomic mass is 10.2. The Morgan fingerprint density at radius 3 is 3.14 bits per heavy atom. The second-order valence-corrected chi connectivity index (χ2v) is 4.39. The summed E-state index contributed by atoms with van der Waals surface area (Å²) in [6.45, 7) is 6.59. The Kier molecular flexibility index (Phi) is 5.71. The topological polar surface area (TPSA) is 38.1 Å². The van der Waals surface area contributed by atoms with Gasteiger partial charge < -0.3 is 9.73 Å². The Labute approximate surface area is 89.7 Å². The van der Waals surface area contributed by atoms with Crippen molar-refractivity contribution in [3.05, 3.63) is 12.5 Å². The fourth-order valence-electron chi connectivity index (χ4n) is 1.08. The number of aromatic nitrogens is 1. The van der Waals surface area contributed by atoms with Crippen LogP contribution in [0.4, 0.5) is 0 Å². The van der Waals surface area contributed by atoms with Gasteiger partial charge in [0, 0.05) is 5.75 Å².